The van der Waals surface area contributed by atoms with Crippen LogP contribution in [-0.2, 0) is 23.8 Å². The van der Waals surface area contributed by atoms with E-state index in [1.807, 2.05) is 32.9 Å². The number of piperidine rings is 2. The SMILES string of the molecule is CC1=C2C[C@H]3[C@@H](CCC4=CC(=O)CC[C@@]43C)[C@@H]2CC[C@@]2(C1)O[C@@H]1C[C@H](C)CN(CCN)[C@H]1[C@H]2C.CC1=C2C[C@H]3[C@@H](CCC4=CC(=O)CC[C@@]43C)[C@@H]2CC[C@@]2(C1)O[C@@H]1C[C@H](C)CN(CCNC(=O)OC(C)(C)C)[C@H]1[C@H]2C. The Labute approximate surface area is 453 Å². The number of ether oxygens (including phenoxy) is 3. The molecule has 0 aromatic heterocycles. The monoisotopic (exact) mass is 1030 g/mol. The fourth-order valence-corrected chi connectivity index (χ4v) is 20.3. The van der Waals surface area contributed by atoms with Gasteiger partial charge < -0.3 is 25.3 Å². The van der Waals surface area contributed by atoms with Crippen molar-refractivity contribution in [2.75, 3.05) is 39.3 Å². The van der Waals surface area contributed by atoms with Gasteiger partial charge in [-0.3, -0.25) is 19.4 Å². The molecule has 12 aliphatic rings. The van der Waals surface area contributed by atoms with E-state index < -0.39 is 5.60 Å². The first kappa shape index (κ1) is 54.3. The van der Waals surface area contributed by atoms with E-state index in [1.165, 1.54) is 69.1 Å². The van der Waals surface area contributed by atoms with Crippen molar-refractivity contribution in [2.24, 2.45) is 75.7 Å². The van der Waals surface area contributed by atoms with Gasteiger partial charge in [0, 0.05) is 76.0 Å². The van der Waals surface area contributed by atoms with Crippen LogP contribution in [0.25, 0.3) is 0 Å². The summed E-state index contributed by atoms with van der Waals surface area (Å²) in [7, 11) is 0. The molecule has 0 radical (unpaired) electrons. The van der Waals surface area contributed by atoms with Gasteiger partial charge in [-0.2, -0.15) is 0 Å². The van der Waals surface area contributed by atoms with Gasteiger partial charge in [-0.05, 0) is 208 Å². The molecule has 0 unspecified atom stereocenters. The van der Waals surface area contributed by atoms with Crippen LogP contribution in [0.15, 0.2) is 45.6 Å². The third-order valence-corrected chi connectivity index (χ3v) is 23.8. The van der Waals surface area contributed by atoms with E-state index in [4.69, 9.17) is 19.9 Å². The van der Waals surface area contributed by atoms with Crippen LogP contribution in [-0.4, -0.2) is 108 Å². The lowest BCUT2D eigenvalue weighted by molar-refractivity contribution is -0.117. The van der Waals surface area contributed by atoms with Crippen LogP contribution in [0.5, 0.6) is 0 Å². The van der Waals surface area contributed by atoms with Gasteiger partial charge >= 0.3 is 6.09 Å². The second-order valence-electron chi connectivity index (χ2n) is 29.3. The maximum atomic E-state index is 12.3. The molecule has 10 nitrogen and oxygen atoms in total. The average molecular weight is 1030 g/mol. The summed E-state index contributed by atoms with van der Waals surface area (Å²) in [6, 6.07) is 0.931. The molecule has 18 atom stereocenters. The number of hydrogen-bond donors (Lipinski definition) is 2. The molecule has 0 aromatic carbocycles. The number of fused-ring (bicyclic) bond motifs is 12. The molecule has 3 N–H and O–H groups in total. The molecule has 12 rings (SSSR count). The predicted octanol–water partition coefficient (Wildman–Crippen LogP) is 12.1. The van der Waals surface area contributed by atoms with Crippen LogP contribution in [0.3, 0.4) is 0 Å². The first-order chi connectivity index (χ1) is 35.5. The number of nitrogens with one attached hydrogen (secondary N) is 1. The Balaban J connectivity index is 0.000000163. The molecule has 0 aromatic rings. The molecule has 2 spiro atoms. The highest BCUT2D eigenvalue weighted by Crippen LogP contribution is 2.66. The van der Waals surface area contributed by atoms with Crippen LogP contribution in [0.1, 0.15) is 192 Å². The van der Waals surface area contributed by atoms with Crippen LogP contribution in [0, 0.1) is 70.0 Å². The Morgan fingerprint density at radius 1 is 0.693 bits per heavy atom. The number of nitrogens with two attached hydrogens (primary N) is 1. The first-order valence-corrected chi connectivity index (χ1v) is 30.9. The Hall–Kier alpha value is -2.63. The Morgan fingerprint density at radius 2 is 1.15 bits per heavy atom. The van der Waals surface area contributed by atoms with Crippen molar-refractivity contribution in [1.82, 2.24) is 15.1 Å². The van der Waals surface area contributed by atoms with E-state index in [0.717, 1.165) is 114 Å². The number of hydrogen-bond acceptors (Lipinski definition) is 9. The van der Waals surface area contributed by atoms with Crippen molar-refractivity contribution in [3.63, 3.8) is 0 Å². The number of amides is 1. The third-order valence-electron chi connectivity index (χ3n) is 23.8. The zero-order chi connectivity index (χ0) is 53.1. The molecule has 8 aliphatic carbocycles. The lowest BCUT2D eigenvalue weighted by Crippen LogP contribution is -2.53. The third kappa shape index (κ3) is 9.58. The quantitative estimate of drug-likeness (QED) is 0.259. The summed E-state index contributed by atoms with van der Waals surface area (Å²) in [5, 5.41) is 2.99. The summed E-state index contributed by atoms with van der Waals surface area (Å²) in [5.41, 5.74) is 15.6. The molecule has 8 fully saturated rings. The van der Waals surface area contributed by atoms with Crippen molar-refractivity contribution in [2.45, 2.75) is 233 Å². The summed E-state index contributed by atoms with van der Waals surface area (Å²) in [4.78, 5) is 42.0. The number of alkyl carbamates (subject to hydrolysis) is 1. The summed E-state index contributed by atoms with van der Waals surface area (Å²) in [6.45, 7) is 30.6. The van der Waals surface area contributed by atoms with E-state index in [9.17, 15) is 14.4 Å². The lowest BCUT2D eigenvalue weighted by Gasteiger charge is -2.48. The highest BCUT2D eigenvalue weighted by Gasteiger charge is 2.62. The molecule has 75 heavy (non-hydrogen) atoms. The van der Waals surface area contributed by atoms with Crippen LogP contribution in [0.2, 0.25) is 0 Å². The van der Waals surface area contributed by atoms with E-state index >= 15 is 0 Å². The van der Waals surface area contributed by atoms with Gasteiger partial charge in [0.05, 0.1) is 23.4 Å². The second-order valence-corrected chi connectivity index (χ2v) is 29.3. The summed E-state index contributed by atoms with van der Waals surface area (Å²) in [5.74, 6) is 7.38. The normalized spacial score (nSPS) is 45.4. The minimum Gasteiger partial charge on any atom is -0.444 e. The van der Waals surface area contributed by atoms with Gasteiger partial charge in [0.2, 0.25) is 0 Å². The summed E-state index contributed by atoms with van der Waals surface area (Å²) >= 11 is 0. The van der Waals surface area contributed by atoms with E-state index in [2.05, 4.69) is 70.5 Å². The van der Waals surface area contributed by atoms with Crippen LogP contribution < -0.4 is 11.1 Å². The molecule has 1 amide bonds. The zero-order valence-electron chi connectivity index (χ0n) is 48.6. The van der Waals surface area contributed by atoms with Gasteiger partial charge in [0.15, 0.2) is 11.6 Å². The number of likely N-dealkylation sites (tertiary alicyclic amines) is 2. The fraction of sp³-hybridized carbons (Fsp3) is 0.831. The second kappa shape index (κ2) is 20.2. The van der Waals surface area contributed by atoms with Gasteiger partial charge in [-0.15, -0.1) is 0 Å². The Bertz CT molecular complexity index is 2380. The molecule has 4 saturated carbocycles. The highest BCUT2D eigenvalue weighted by atomic mass is 16.6. The Morgan fingerprint density at radius 3 is 1.59 bits per heavy atom. The maximum Gasteiger partial charge on any atom is 0.407 e. The largest absolute Gasteiger partial charge is 0.444 e. The molecular formula is C65H100N4O6. The van der Waals surface area contributed by atoms with Crippen molar-refractivity contribution in [3.8, 4) is 0 Å². The van der Waals surface area contributed by atoms with Crippen molar-refractivity contribution in [3.05, 3.63) is 45.6 Å². The topological polar surface area (TPSA) is 123 Å². The molecule has 4 aliphatic heterocycles. The average Bonchev–Trinajstić information content (AvgIpc) is 4.02. The van der Waals surface area contributed by atoms with E-state index in [1.54, 1.807) is 22.3 Å². The smallest absolute Gasteiger partial charge is 0.407 e. The first-order valence-electron chi connectivity index (χ1n) is 30.9. The van der Waals surface area contributed by atoms with Crippen LogP contribution >= 0.6 is 0 Å². The maximum absolute atomic E-state index is 12.3. The zero-order valence-corrected chi connectivity index (χ0v) is 48.6. The molecule has 4 saturated heterocycles. The summed E-state index contributed by atoms with van der Waals surface area (Å²) in [6.07, 6.45) is 24.6. The van der Waals surface area contributed by atoms with Gasteiger partial charge in [-0.25, -0.2) is 4.79 Å². The van der Waals surface area contributed by atoms with Gasteiger partial charge in [0.1, 0.15) is 5.60 Å². The van der Waals surface area contributed by atoms with E-state index in [0.29, 0.717) is 71.8 Å². The van der Waals surface area contributed by atoms with Crippen molar-refractivity contribution < 1.29 is 28.6 Å². The van der Waals surface area contributed by atoms with Crippen molar-refractivity contribution >= 4 is 17.7 Å². The fourth-order valence-electron chi connectivity index (χ4n) is 20.3. The number of ketones is 2. The summed E-state index contributed by atoms with van der Waals surface area (Å²) < 4.78 is 19.9. The number of carbonyl (C=O) groups is 3. The number of nitrogens with zero attached hydrogens (tertiary/aromatic N) is 2. The van der Waals surface area contributed by atoms with Crippen LogP contribution in [0.4, 0.5) is 4.79 Å². The minimum absolute atomic E-state index is 0.00402. The highest BCUT2D eigenvalue weighted by molar-refractivity contribution is 5.92. The molecular weight excluding hydrogens is 933 g/mol. The molecule has 416 valence electrons. The predicted molar refractivity (Wildman–Crippen MR) is 298 cm³/mol. The van der Waals surface area contributed by atoms with Gasteiger partial charge in [0.25, 0.3) is 0 Å². The molecule has 0 bridgehead atoms. The minimum atomic E-state index is -0.483. The van der Waals surface area contributed by atoms with Gasteiger partial charge in [-0.1, -0.05) is 75.0 Å². The Kier molecular flexibility index (Phi) is 14.6. The molecule has 10 heteroatoms. The van der Waals surface area contributed by atoms with Crippen molar-refractivity contribution in [1.29, 1.82) is 0 Å². The number of rotatable bonds is 5. The number of carbonyl (C=O) groups excluding carboxylic acids is 3. The lowest BCUT2D eigenvalue weighted by atomic mass is 9.56. The molecule has 4 heterocycles. The number of allylic oxidation sites excluding steroid dienone is 6. The standard InChI is InChI=1S/C35H54N2O4.C30H46N2O2/c1-21-16-30-31(37(20-21)15-14-36-32(39)41-33(4,5)6)23(3)35(40-30)13-11-26-27-9-8-24-17-25(38)10-12-34(24,7)29(27)18-28(26)22(2)19-35;1-18-13-27-28(32(17-18)12-11-31)20(3)30(34-27)10-8-23-24-6-5-21-14-22(33)7-9-29(21,4)26(24)15-25(23)19(2)16-30/h17,21,23,26-27,29-31H,8-16,18-20H2,1-7H3,(H,36,39);14,18,20,23-24,26-28H,5-13,15-17,31H2,1-4H3/t21-,23+,26-,27-,29-,30+,31-,34-,35-;18-,20+,23-,24-,26-,27+,28-,29-,30-/m00/s1. The van der Waals surface area contributed by atoms with E-state index in [-0.39, 0.29) is 34.2 Å².